The number of amides is 1. The van der Waals surface area contributed by atoms with E-state index < -0.39 is 12.2 Å². The molecular weight excluding hydrogens is 146 g/mol. The quantitative estimate of drug-likeness (QED) is 0.602. The summed E-state index contributed by atoms with van der Waals surface area (Å²) >= 11 is 0. The molecule has 0 saturated heterocycles. The van der Waals surface area contributed by atoms with E-state index in [9.17, 15) is 9.59 Å². The highest BCUT2D eigenvalue weighted by Gasteiger charge is 2.26. The van der Waals surface area contributed by atoms with Crippen molar-refractivity contribution < 1.29 is 14.3 Å². The van der Waals surface area contributed by atoms with Crippen LogP contribution in [0.2, 0.25) is 0 Å². The van der Waals surface area contributed by atoms with Gasteiger partial charge < -0.3 is 10.5 Å². The first-order valence-corrected chi connectivity index (χ1v) is 3.63. The average Bonchev–Trinajstić information content (AvgIpc) is 2.69. The Labute approximate surface area is 64.7 Å². The summed E-state index contributed by atoms with van der Waals surface area (Å²) < 4.78 is 4.52. The van der Waals surface area contributed by atoms with Gasteiger partial charge in [-0.3, -0.25) is 4.79 Å². The lowest BCUT2D eigenvalue weighted by molar-refractivity contribution is -0.115. The summed E-state index contributed by atoms with van der Waals surface area (Å²) in [7, 11) is 0. The first-order valence-electron chi connectivity index (χ1n) is 3.63. The normalized spacial score (nSPS) is 18.9. The first kappa shape index (κ1) is 8.04. The van der Waals surface area contributed by atoms with Gasteiger partial charge in [0, 0.05) is 0 Å². The molecule has 0 aromatic heterocycles. The number of ether oxygens (including phenoxy) is 1. The molecule has 62 valence electrons. The van der Waals surface area contributed by atoms with Crippen LogP contribution in [0.15, 0.2) is 0 Å². The predicted octanol–water partition coefficient (Wildman–Crippen LogP) is 0.449. The van der Waals surface area contributed by atoms with Crippen molar-refractivity contribution in [3.8, 4) is 0 Å². The van der Waals surface area contributed by atoms with E-state index in [1.165, 1.54) is 0 Å². The minimum Gasteiger partial charge on any atom is -0.439 e. The van der Waals surface area contributed by atoms with E-state index in [4.69, 9.17) is 5.73 Å². The molecule has 4 nitrogen and oxygen atoms in total. The maximum absolute atomic E-state index is 10.3. The third-order valence-corrected chi connectivity index (χ3v) is 1.68. The molecule has 2 N–H and O–H groups in total. The molecule has 11 heavy (non-hydrogen) atoms. The van der Waals surface area contributed by atoms with E-state index in [0.717, 1.165) is 12.8 Å². The van der Waals surface area contributed by atoms with Crippen molar-refractivity contribution in [3.05, 3.63) is 0 Å². The van der Waals surface area contributed by atoms with Gasteiger partial charge in [-0.15, -0.1) is 0 Å². The van der Waals surface area contributed by atoms with Gasteiger partial charge in [0.05, 0.1) is 0 Å². The molecule has 1 aliphatic rings. The number of hydrogen-bond donors (Lipinski definition) is 1. The molecule has 4 heteroatoms. The molecule has 1 saturated carbocycles. The van der Waals surface area contributed by atoms with Crippen molar-refractivity contribution in [2.75, 3.05) is 0 Å². The number of carbonyl (C=O) groups is 2. The van der Waals surface area contributed by atoms with E-state index >= 15 is 0 Å². The third-order valence-electron chi connectivity index (χ3n) is 1.68. The van der Waals surface area contributed by atoms with Crippen LogP contribution in [0, 0.1) is 5.92 Å². The monoisotopic (exact) mass is 157 g/mol. The zero-order valence-electron chi connectivity index (χ0n) is 6.16. The van der Waals surface area contributed by atoms with Crippen LogP contribution in [0.3, 0.4) is 0 Å². The van der Waals surface area contributed by atoms with Crippen LogP contribution < -0.4 is 5.73 Å². The molecule has 1 atom stereocenters. The highest BCUT2D eigenvalue weighted by atomic mass is 16.6. The molecule has 1 aliphatic carbocycles. The Morgan fingerprint density at radius 1 is 1.73 bits per heavy atom. The zero-order chi connectivity index (χ0) is 8.27. The summed E-state index contributed by atoms with van der Waals surface area (Å²) in [5, 5.41) is 0. The molecule has 0 aliphatic heterocycles. The van der Waals surface area contributed by atoms with E-state index in [1.54, 1.807) is 0 Å². The van der Waals surface area contributed by atoms with Gasteiger partial charge in [0.2, 0.25) is 0 Å². The third kappa shape index (κ3) is 3.02. The van der Waals surface area contributed by atoms with Crippen molar-refractivity contribution in [1.82, 2.24) is 0 Å². The largest absolute Gasteiger partial charge is 0.439 e. The van der Waals surface area contributed by atoms with Crippen LogP contribution in [-0.4, -0.2) is 18.5 Å². The number of nitrogens with two attached hydrogens (primary N) is 1. The first-order chi connectivity index (χ1) is 5.22. The molecule has 0 aromatic rings. The fraction of sp³-hybridized carbons (Fsp3) is 0.714. The standard InChI is InChI=1S/C7H11NO3/c8-7(10)11-6(4-9)3-5-1-2-5/h4-6H,1-3H2,(H2,8,10). The van der Waals surface area contributed by atoms with Crippen LogP contribution in [0.25, 0.3) is 0 Å². The van der Waals surface area contributed by atoms with Gasteiger partial charge >= 0.3 is 6.09 Å². The van der Waals surface area contributed by atoms with Crippen LogP contribution in [-0.2, 0) is 9.53 Å². The topological polar surface area (TPSA) is 69.4 Å². The number of carbonyl (C=O) groups excluding carboxylic acids is 2. The van der Waals surface area contributed by atoms with Crippen LogP contribution in [0.4, 0.5) is 4.79 Å². The number of hydrogen-bond acceptors (Lipinski definition) is 3. The Morgan fingerprint density at radius 2 is 2.36 bits per heavy atom. The lowest BCUT2D eigenvalue weighted by Crippen LogP contribution is -2.24. The second kappa shape index (κ2) is 3.37. The Morgan fingerprint density at radius 3 is 2.73 bits per heavy atom. The van der Waals surface area contributed by atoms with E-state index in [-0.39, 0.29) is 0 Å². The Balaban J connectivity index is 2.22. The van der Waals surface area contributed by atoms with Crippen molar-refractivity contribution >= 4 is 12.4 Å². The minimum absolute atomic E-state index is 0.560. The molecule has 1 unspecified atom stereocenters. The highest BCUT2D eigenvalue weighted by Crippen LogP contribution is 2.33. The fourth-order valence-corrected chi connectivity index (χ4v) is 0.963. The molecule has 1 rings (SSSR count). The van der Waals surface area contributed by atoms with Gasteiger partial charge in [0.1, 0.15) is 0 Å². The highest BCUT2D eigenvalue weighted by molar-refractivity contribution is 5.69. The van der Waals surface area contributed by atoms with Gasteiger partial charge in [-0.25, -0.2) is 4.79 Å². The molecule has 0 aromatic carbocycles. The molecule has 1 fully saturated rings. The van der Waals surface area contributed by atoms with Gasteiger partial charge in [-0.05, 0) is 12.3 Å². The number of rotatable bonds is 4. The Hall–Kier alpha value is -1.06. The van der Waals surface area contributed by atoms with E-state index in [1.807, 2.05) is 0 Å². The van der Waals surface area contributed by atoms with Crippen LogP contribution in [0.5, 0.6) is 0 Å². The molecule has 0 bridgehead atoms. The Bertz CT molecular complexity index is 165. The SMILES string of the molecule is NC(=O)OC(C=O)CC1CC1. The summed E-state index contributed by atoms with van der Waals surface area (Å²) in [4.78, 5) is 20.5. The van der Waals surface area contributed by atoms with Gasteiger partial charge in [-0.2, -0.15) is 0 Å². The molecule has 0 radical (unpaired) electrons. The number of aldehydes is 1. The Kier molecular flexibility index (Phi) is 2.46. The van der Waals surface area contributed by atoms with Gasteiger partial charge in [-0.1, -0.05) is 12.8 Å². The maximum Gasteiger partial charge on any atom is 0.405 e. The van der Waals surface area contributed by atoms with E-state index in [2.05, 4.69) is 4.74 Å². The van der Waals surface area contributed by atoms with Crippen molar-refractivity contribution in [1.29, 1.82) is 0 Å². The lowest BCUT2D eigenvalue weighted by atomic mass is 10.2. The van der Waals surface area contributed by atoms with Crippen molar-refractivity contribution in [2.45, 2.75) is 25.4 Å². The molecule has 0 spiro atoms. The maximum atomic E-state index is 10.3. The van der Waals surface area contributed by atoms with Crippen LogP contribution >= 0.6 is 0 Å². The summed E-state index contributed by atoms with van der Waals surface area (Å²) in [6.07, 6.45) is 2.02. The lowest BCUT2D eigenvalue weighted by Gasteiger charge is -2.07. The summed E-state index contributed by atoms with van der Waals surface area (Å²) in [5.74, 6) is 0.560. The number of primary amides is 1. The summed E-state index contributed by atoms with van der Waals surface area (Å²) in [6, 6.07) is 0. The molecule has 1 amide bonds. The molecule has 0 heterocycles. The summed E-state index contributed by atoms with van der Waals surface area (Å²) in [5.41, 5.74) is 4.75. The minimum atomic E-state index is -0.872. The smallest absolute Gasteiger partial charge is 0.405 e. The van der Waals surface area contributed by atoms with Crippen LogP contribution in [0.1, 0.15) is 19.3 Å². The average molecular weight is 157 g/mol. The van der Waals surface area contributed by atoms with Crippen molar-refractivity contribution in [2.24, 2.45) is 11.7 Å². The summed E-state index contributed by atoms with van der Waals surface area (Å²) in [6.45, 7) is 0. The van der Waals surface area contributed by atoms with Crippen molar-refractivity contribution in [3.63, 3.8) is 0 Å². The van der Waals surface area contributed by atoms with E-state index in [0.29, 0.717) is 18.6 Å². The second-order valence-corrected chi connectivity index (χ2v) is 2.79. The van der Waals surface area contributed by atoms with Gasteiger partial charge in [0.15, 0.2) is 12.4 Å². The molecular formula is C7H11NO3. The second-order valence-electron chi connectivity index (χ2n) is 2.79. The predicted molar refractivity (Wildman–Crippen MR) is 37.9 cm³/mol. The fourth-order valence-electron chi connectivity index (χ4n) is 0.963. The van der Waals surface area contributed by atoms with Gasteiger partial charge in [0.25, 0.3) is 0 Å². The zero-order valence-corrected chi connectivity index (χ0v) is 6.16.